The zero-order valence-electron chi connectivity index (χ0n) is 14.2. The predicted molar refractivity (Wildman–Crippen MR) is 91.1 cm³/mol. The van der Waals surface area contributed by atoms with Gasteiger partial charge in [0.25, 0.3) is 0 Å². The van der Waals surface area contributed by atoms with E-state index in [-0.39, 0.29) is 22.9 Å². The molecule has 0 fully saturated rings. The molecule has 0 saturated heterocycles. The Labute approximate surface area is 144 Å². The van der Waals surface area contributed by atoms with Gasteiger partial charge in [-0.15, -0.1) is 0 Å². The number of halogens is 3. The Hall–Kier alpha value is -2.50. The molecular weight excluding hydrogens is 329 g/mol. The summed E-state index contributed by atoms with van der Waals surface area (Å²) in [4.78, 5) is 0. The van der Waals surface area contributed by atoms with Crippen molar-refractivity contribution in [3.63, 3.8) is 0 Å². The molecule has 1 unspecified atom stereocenters. The van der Waals surface area contributed by atoms with Crippen molar-refractivity contribution in [3.8, 4) is 5.75 Å². The maximum Gasteiger partial charge on any atom is 0.196 e. The Bertz CT molecular complexity index is 826. The largest absolute Gasteiger partial charge is 0.508 e. The van der Waals surface area contributed by atoms with Gasteiger partial charge in [-0.25, -0.2) is 13.2 Å². The number of nitrogens with zero attached hydrogens (tertiary/aromatic N) is 2. The molecule has 3 nitrogen and oxygen atoms in total. The van der Waals surface area contributed by atoms with Crippen molar-refractivity contribution in [2.24, 2.45) is 10.5 Å². The minimum Gasteiger partial charge on any atom is -0.508 e. The Morgan fingerprint density at radius 1 is 1.00 bits per heavy atom. The molecule has 2 aromatic rings. The quantitative estimate of drug-likeness (QED) is 0.761. The number of hydrogen-bond donors (Lipinski definition) is 1. The van der Waals surface area contributed by atoms with Gasteiger partial charge in [-0.1, -0.05) is 32.9 Å². The van der Waals surface area contributed by atoms with Crippen molar-refractivity contribution in [1.82, 2.24) is 0 Å². The van der Waals surface area contributed by atoms with Crippen molar-refractivity contribution in [2.45, 2.75) is 33.2 Å². The zero-order valence-corrected chi connectivity index (χ0v) is 14.2. The predicted octanol–water partition coefficient (Wildman–Crippen LogP) is 5.16. The molecule has 25 heavy (non-hydrogen) atoms. The SMILES string of the molecule is CC(C)(C)C1=NN(c2ccc(F)c(F)c2F)C(c2ccc(O)cc2)C1. The van der Waals surface area contributed by atoms with Gasteiger partial charge in [0.05, 0.1) is 11.7 Å². The first kappa shape index (κ1) is 17.3. The number of hydrogen-bond acceptors (Lipinski definition) is 3. The second-order valence-electron chi connectivity index (χ2n) is 7.15. The highest BCUT2D eigenvalue weighted by Gasteiger charge is 2.36. The number of phenols is 1. The van der Waals surface area contributed by atoms with Crippen LogP contribution in [-0.2, 0) is 0 Å². The molecule has 0 saturated carbocycles. The molecule has 1 atom stereocenters. The number of anilines is 1. The molecule has 132 valence electrons. The summed E-state index contributed by atoms with van der Waals surface area (Å²) in [6.45, 7) is 5.97. The van der Waals surface area contributed by atoms with Crippen molar-refractivity contribution in [3.05, 3.63) is 59.4 Å². The molecular formula is C19H19F3N2O. The topological polar surface area (TPSA) is 35.8 Å². The standard InChI is InChI=1S/C19H19F3N2O/c1-19(2,3)16-10-15(11-4-6-12(25)7-5-11)24(23-16)14-9-8-13(20)17(21)18(14)22/h4-9,15,25H,10H2,1-3H3. The van der Waals surface area contributed by atoms with Gasteiger partial charge >= 0.3 is 0 Å². The molecule has 0 spiro atoms. The highest BCUT2D eigenvalue weighted by molar-refractivity contribution is 5.93. The molecule has 1 aliphatic heterocycles. The summed E-state index contributed by atoms with van der Waals surface area (Å²) in [6, 6.07) is 8.21. The molecule has 0 bridgehead atoms. The smallest absolute Gasteiger partial charge is 0.196 e. The fourth-order valence-corrected chi connectivity index (χ4v) is 2.84. The first-order valence-corrected chi connectivity index (χ1v) is 7.98. The van der Waals surface area contributed by atoms with Gasteiger partial charge in [-0.2, -0.15) is 5.10 Å². The van der Waals surface area contributed by atoms with Gasteiger partial charge in [0.15, 0.2) is 17.5 Å². The molecule has 6 heteroatoms. The van der Waals surface area contributed by atoms with Gasteiger partial charge in [0.1, 0.15) is 5.75 Å². The van der Waals surface area contributed by atoms with E-state index in [1.165, 1.54) is 23.2 Å². The van der Waals surface area contributed by atoms with E-state index in [9.17, 15) is 18.3 Å². The molecule has 2 aromatic carbocycles. The van der Waals surface area contributed by atoms with E-state index in [1.54, 1.807) is 12.1 Å². The molecule has 0 amide bonds. The van der Waals surface area contributed by atoms with Crippen LogP contribution in [0.3, 0.4) is 0 Å². The maximum absolute atomic E-state index is 14.3. The van der Waals surface area contributed by atoms with Gasteiger partial charge in [-0.3, -0.25) is 5.01 Å². The van der Waals surface area contributed by atoms with Crippen LogP contribution in [0.4, 0.5) is 18.9 Å². The summed E-state index contributed by atoms with van der Waals surface area (Å²) >= 11 is 0. The van der Waals surface area contributed by atoms with Crippen molar-refractivity contribution >= 4 is 11.4 Å². The summed E-state index contributed by atoms with van der Waals surface area (Å²) in [5.41, 5.74) is 1.26. The Kier molecular flexibility index (Phi) is 4.22. The summed E-state index contributed by atoms with van der Waals surface area (Å²) < 4.78 is 41.3. The normalized spacial score (nSPS) is 17.8. The molecule has 0 radical (unpaired) electrons. The van der Waals surface area contributed by atoms with Crippen molar-refractivity contribution in [2.75, 3.05) is 5.01 Å². The zero-order chi connectivity index (χ0) is 18.4. The molecule has 3 rings (SSSR count). The van der Waals surface area contributed by atoms with E-state index >= 15 is 0 Å². The van der Waals surface area contributed by atoms with Gasteiger partial charge < -0.3 is 5.11 Å². The number of rotatable bonds is 2. The van der Waals surface area contributed by atoms with Gasteiger partial charge in [0, 0.05) is 17.5 Å². The van der Waals surface area contributed by atoms with Crippen LogP contribution in [0, 0.1) is 22.9 Å². The molecule has 1 heterocycles. The lowest BCUT2D eigenvalue weighted by atomic mass is 9.86. The lowest BCUT2D eigenvalue weighted by molar-refractivity contribution is 0.445. The third-order valence-corrected chi connectivity index (χ3v) is 4.32. The summed E-state index contributed by atoms with van der Waals surface area (Å²) in [5.74, 6) is -3.89. The molecule has 0 aliphatic carbocycles. The number of phenolic OH excluding ortho intramolecular Hbond substituents is 1. The summed E-state index contributed by atoms with van der Waals surface area (Å²) in [7, 11) is 0. The van der Waals surface area contributed by atoms with Crippen LogP contribution in [0.25, 0.3) is 0 Å². The van der Waals surface area contributed by atoms with Crippen molar-refractivity contribution < 1.29 is 18.3 Å². The second kappa shape index (κ2) is 6.10. The average molecular weight is 348 g/mol. The minimum atomic E-state index is -1.51. The number of benzene rings is 2. The van der Waals surface area contributed by atoms with E-state index in [0.29, 0.717) is 6.42 Å². The minimum absolute atomic E-state index is 0.115. The highest BCUT2D eigenvalue weighted by Crippen LogP contribution is 2.41. The van der Waals surface area contributed by atoms with Crippen LogP contribution in [0.2, 0.25) is 0 Å². The summed E-state index contributed by atoms with van der Waals surface area (Å²) in [6.07, 6.45) is 0.521. The van der Waals surface area contributed by atoms with Crippen LogP contribution in [0.1, 0.15) is 38.8 Å². The van der Waals surface area contributed by atoms with E-state index in [4.69, 9.17) is 0 Å². The lowest BCUT2D eigenvalue weighted by Crippen LogP contribution is -2.20. The fraction of sp³-hybridized carbons (Fsp3) is 0.316. The maximum atomic E-state index is 14.3. The molecule has 1 N–H and O–H groups in total. The van der Waals surface area contributed by atoms with E-state index in [2.05, 4.69) is 5.10 Å². The van der Waals surface area contributed by atoms with E-state index in [1.807, 2.05) is 20.8 Å². The average Bonchev–Trinajstić information content (AvgIpc) is 2.99. The monoisotopic (exact) mass is 348 g/mol. The first-order chi connectivity index (χ1) is 11.7. The number of hydrazone groups is 1. The van der Waals surface area contributed by atoms with E-state index in [0.717, 1.165) is 17.3 Å². The third kappa shape index (κ3) is 3.21. The van der Waals surface area contributed by atoms with Crippen molar-refractivity contribution in [1.29, 1.82) is 0 Å². The Balaban J connectivity index is 2.09. The van der Waals surface area contributed by atoms with Gasteiger partial charge in [-0.05, 0) is 29.8 Å². The number of aromatic hydroxyl groups is 1. The van der Waals surface area contributed by atoms with Gasteiger partial charge in [0.2, 0.25) is 0 Å². The van der Waals surface area contributed by atoms with Crippen LogP contribution in [-0.4, -0.2) is 10.8 Å². The van der Waals surface area contributed by atoms with Crippen LogP contribution in [0.15, 0.2) is 41.5 Å². The molecule has 1 aliphatic rings. The highest BCUT2D eigenvalue weighted by atomic mass is 19.2. The fourth-order valence-electron chi connectivity index (χ4n) is 2.84. The second-order valence-corrected chi connectivity index (χ2v) is 7.15. The Morgan fingerprint density at radius 3 is 2.24 bits per heavy atom. The Morgan fingerprint density at radius 2 is 1.64 bits per heavy atom. The van der Waals surface area contributed by atoms with Crippen LogP contribution in [0.5, 0.6) is 5.75 Å². The summed E-state index contributed by atoms with van der Waals surface area (Å²) in [5, 5.41) is 15.4. The third-order valence-electron chi connectivity index (χ3n) is 4.32. The van der Waals surface area contributed by atoms with E-state index < -0.39 is 17.5 Å². The van der Waals surface area contributed by atoms with Crippen LogP contribution < -0.4 is 5.01 Å². The first-order valence-electron chi connectivity index (χ1n) is 7.98. The van der Waals surface area contributed by atoms with Crippen LogP contribution >= 0.6 is 0 Å². The molecule has 0 aromatic heterocycles. The lowest BCUT2D eigenvalue weighted by Gasteiger charge is -2.24.